The number of hydrogen-bond donors (Lipinski definition) is 0. The average Bonchev–Trinajstić information content (AvgIpc) is 3.20. The van der Waals surface area contributed by atoms with Gasteiger partial charge >= 0.3 is 11.2 Å². The first-order valence-electron chi connectivity index (χ1n) is 11.0. The Morgan fingerprint density at radius 1 is 1.06 bits per heavy atom. The minimum Gasteiger partial charge on any atom is -0.497 e. The number of pyridine rings is 1. The van der Waals surface area contributed by atoms with Gasteiger partial charge in [-0.2, -0.15) is 0 Å². The number of methoxy groups -OCH3 is 1. The lowest BCUT2D eigenvalue weighted by Crippen LogP contribution is -2.51. The second kappa shape index (κ2) is 8.02. The molecule has 5 rings (SSSR count). The zero-order chi connectivity index (χ0) is 23.3. The molecule has 2 saturated heterocycles. The van der Waals surface area contributed by atoms with Gasteiger partial charge < -0.3 is 19.1 Å². The first-order chi connectivity index (χ1) is 15.9. The number of carbonyl (C=O) groups is 2. The Balaban J connectivity index is 1.32. The Kier molecular flexibility index (Phi) is 5.15. The Labute approximate surface area is 189 Å². The number of anilines is 1. The van der Waals surface area contributed by atoms with Crippen molar-refractivity contribution in [3.05, 3.63) is 62.6 Å². The quantitative estimate of drug-likeness (QED) is 0.516. The molecule has 2 aromatic rings. The standard InChI is InChI=1S/C23H24N4O6/c1-33-18-4-2-17(3-5-18)25-13-16(9-21(25)28)22(29)24-10-14-8-15(12-24)19-6-7-20(27(31)32)23(30)26(19)11-14/h2-7,14-16H,8-13H2,1H3/t14-,15+,16?/m1/s1. The van der Waals surface area contributed by atoms with E-state index in [9.17, 15) is 24.5 Å². The highest BCUT2D eigenvalue weighted by atomic mass is 16.6. The molecule has 3 atom stereocenters. The van der Waals surface area contributed by atoms with Gasteiger partial charge in [-0.15, -0.1) is 0 Å². The fraction of sp³-hybridized carbons (Fsp3) is 0.435. The average molecular weight is 452 g/mol. The highest BCUT2D eigenvalue weighted by Crippen LogP contribution is 2.37. The molecule has 172 valence electrons. The summed E-state index contributed by atoms with van der Waals surface area (Å²) in [6.07, 6.45) is 1.00. The van der Waals surface area contributed by atoms with Crippen LogP contribution in [0.25, 0.3) is 0 Å². The number of nitrogens with zero attached hydrogens (tertiary/aromatic N) is 4. The van der Waals surface area contributed by atoms with E-state index >= 15 is 0 Å². The number of hydrogen-bond acceptors (Lipinski definition) is 6. The Bertz CT molecular complexity index is 1190. The Hall–Kier alpha value is -3.69. The van der Waals surface area contributed by atoms with Crippen molar-refractivity contribution in [2.75, 3.05) is 31.6 Å². The number of ether oxygens (including phenoxy) is 1. The molecule has 33 heavy (non-hydrogen) atoms. The number of rotatable bonds is 4. The van der Waals surface area contributed by atoms with E-state index in [4.69, 9.17) is 4.74 Å². The summed E-state index contributed by atoms with van der Waals surface area (Å²) < 4.78 is 6.67. The van der Waals surface area contributed by atoms with Crippen molar-refractivity contribution in [2.24, 2.45) is 11.8 Å². The number of benzene rings is 1. The summed E-state index contributed by atoms with van der Waals surface area (Å²) >= 11 is 0. The monoisotopic (exact) mass is 452 g/mol. The van der Waals surface area contributed by atoms with Gasteiger partial charge in [-0.05, 0) is 42.7 Å². The largest absolute Gasteiger partial charge is 0.497 e. The smallest absolute Gasteiger partial charge is 0.334 e. The molecular weight excluding hydrogens is 428 g/mol. The van der Waals surface area contributed by atoms with E-state index in [1.807, 2.05) is 17.0 Å². The molecular formula is C23H24N4O6. The van der Waals surface area contributed by atoms with Gasteiger partial charge in [-0.1, -0.05) is 0 Å². The van der Waals surface area contributed by atoms with Crippen molar-refractivity contribution in [3.8, 4) is 5.75 Å². The number of aromatic nitrogens is 1. The van der Waals surface area contributed by atoms with Crippen molar-refractivity contribution >= 4 is 23.2 Å². The summed E-state index contributed by atoms with van der Waals surface area (Å²) in [5, 5.41) is 11.1. The molecule has 2 bridgehead atoms. The summed E-state index contributed by atoms with van der Waals surface area (Å²) in [6.45, 7) is 1.62. The van der Waals surface area contributed by atoms with Gasteiger partial charge in [0.15, 0.2) is 0 Å². The van der Waals surface area contributed by atoms with Crippen LogP contribution in [0.5, 0.6) is 5.75 Å². The van der Waals surface area contributed by atoms with Crippen molar-refractivity contribution < 1.29 is 19.2 Å². The maximum Gasteiger partial charge on any atom is 0.334 e. The highest BCUT2D eigenvalue weighted by molar-refractivity contribution is 6.00. The Morgan fingerprint density at radius 2 is 1.82 bits per heavy atom. The second-order valence-electron chi connectivity index (χ2n) is 8.96. The van der Waals surface area contributed by atoms with Gasteiger partial charge in [0.25, 0.3) is 0 Å². The van der Waals surface area contributed by atoms with Gasteiger partial charge in [-0.25, -0.2) is 0 Å². The van der Waals surface area contributed by atoms with E-state index in [1.165, 1.54) is 10.6 Å². The van der Waals surface area contributed by atoms with Crippen LogP contribution in [0, 0.1) is 22.0 Å². The molecule has 10 heteroatoms. The van der Waals surface area contributed by atoms with Gasteiger partial charge in [0.2, 0.25) is 11.8 Å². The number of piperidine rings is 1. The molecule has 3 aliphatic heterocycles. The van der Waals surface area contributed by atoms with E-state index in [0.29, 0.717) is 31.9 Å². The first kappa shape index (κ1) is 21.2. The van der Waals surface area contributed by atoms with Crippen LogP contribution in [0.3, 0.4) is 0 Å². The van der Waals surface area contributed by atoms with Crippen LogP contribution in [0.4, 0.5) is 11.4 Å². The lowest BCUT2D eigenvalue weighted by molar-refractivity contribution is -0.386. The third-order valence-corrected chi connectivity index (χ3v) is 6.95. The molecule has 3 aliphatic rings. The molecule has 1 unspecified atom stereocenters. The molecule has 2 fully saturated rings. The van der Waals surface area contributed by atoms with Crippen molar-refractivity contribution in [3.63, 3.8) is 0 Å². The van der Waals surface area contributed by atoms with Crippen LogP contribution in [-0.2, 0) is 16.1 Å². The van der Waals surface area contributed by atoms with Gasteiger partial charge in [-0.3, -0.25) is 24.5 Å². The fourth-order valence-corrected chi connectivity index (χ4v) is 5.40. The summed E-state index contributed by atoms with van der Waals surface area (Å²) in [5.41, 5.74) is 0.474. The predicted molar refractivity (Wildman–Crippen MR) is 118 cm³/mol. The summed E-state index contributed by atoms with van der Waals surface area (Å²) in [4.78, 5) is 52.5. The lowest BCUT2D eigenvalue weighted by Gasteiger charge is -2.43. The lowest BCUT2D eigenvalue weighted by atomic mass is 9.82. The van der Waals surface area contributed by atoms with Crippen LogP contribution >= 0.6 is 0 Å². The van der Waals surface area contributed by atoms with Crippen molar-refractivity contribution in [1.82, 2.24) is 9.47 Å². The maximum absolute atomic E-state index is 13.3. The van der Waals surface area contributed by atoms with E-state index < -0.39 is 22.1 Å². The zero-order valence-corrected chi connectivity index (χ0v) is 18.2. The third kappa shape index (κ3) is 3.65. The zero-order valence-electron chi connectivity index (χ0n) is 18.2. The number of amides is 2. The van der Waals surface area contributed by atoms with Gasteiger partial charge in [0.1, 0.15) is 5.75 Å². The third-order valence-electron chi connectivity index (χ3n) is 6.95. The molecule has 4 heterocycles. The molecule has 10 nitrogen and oxygen atoms in total. The van der Waals surface area contributed by atoms with E-state index in [-0.39, 0.29) is 30.1 Å². The number of carbonyl (C=O) groups excluding carboxylic acids is 2. The van der Waals surface area contributed by atoms with Crippen LogP contribution in [0.2, 0.25) is 0 Å². The maximum atomic E-state index is 13.3. The van der Waals surface area contributed by atoms with Crippen LogP contribution < -0.4 is 15.2 Å². The molecule has 2 amide bonds. The number of nitro groups is 1. The van der Waals surface area contributed by atoms with Crippen LogP contribution in [-0.4, -0.2) is 52.9 Å². The first-order valence-corrected chi connectivity index (χ1v) is 11.0. The van der Waals surface area contributed by atoms with Gasteiger partial charge in [0.05, 0.1) is 18.0 Å². The predicted octanol–water partition coefficient (Wildman–Crippen LogP) is 1.76. The Morgan fingerprint density at radius 3 is 2.52 bits per heavy atom. The fourth-order valence-electron chi connectivity index (χ4n) is 5.40. The normalized spacial score (nSPS) is 23.9. The van der Waals surface area contributed by atoms with Gasteiger partial charge in [0, 0.05) is 56.0 Å². The molecule has 1 aromatic carbocycles. The molecule has 0 spiro atoms. The summed E-state index contributed by atoms with van der Waals surface area (Å²) in [7, 11) is 1.58. The highest BCUT2D eigenvalue weighted by Gasteiger charge is 2.42. The van der Waals surface area contributed by atoms with E-state index in [0.717, 1.165) is 17.8 Å². The molecule has 0 radical (unpaired) electrons. The minimum absolute atomic E-state index is 0.0493. The van der Waals surface area contributed by atoms with Crippen molar-refractivity contribution in [1.29, 1.82) is 0 Å². The molecule has 1 aromatic heterocycles. The second-order valence-corrected chi connectivity index (χ2v) is 8.96. The molecule has 0 aliphatic carbocycles. The van der Waals surface area contributed by atoms with Crippen molar-refractivity contribution in [2.45, 2.75) is 25.3 Å². The summed E-state index contributed by atoms with van der Waals surface area (Å²) in [5.74, 6) is 0.145. The number of fused-ring (bicyclic) bond motifs is 4. The summed E-state index contributed by atoms with van der Waals surface area (Å²) in [6, 6.07) is 10.1. The van der Waals surface area contributed by atoms with E-state index in [2.05, 4.69) is 0 Å². The topological polar surface area (TPSA) is 115 Å². The minimum atomic E-state index is -0.651. The van der Waals surface area contributed by atoms with Crippen LogP contribution in [0.1, 0.15) is 24.5 Å². The van der Waals surface area contributed by atoms with E-state index in [1.54, 1.807) is 30.2 Å². The van der Waals surface area contributed by atoms with Crippen LogP contribution in [0.15, 0.2) is 41.2 Å². The SMILES string of the molecule is COc1ccc(N2CC(C(=O)N3C[C@H]4C[C@@H](C3)c3ccc([N+](=O)[O-])c(=O)n3C4)CC2=O)cc1. The molecule has 0 N–H and O–H groups in total. The molecule has 0 saturated carbocycles. The number of likely N-dealkylation sites (tertiary alicyclic amines) is 1.